The standard InChI is InChI=1S/C34H48N6O5/c1-32(2,3)45-31(43)37-19-20-40(27(22-37)26-11-5-4-6-12-26)30(42)38-18-15-34(44,33(23-38)13-7-8-14-33)24-39-25-35-28(21-29(39)41)36-16-9-10-17-36/h4-6,11-12,21,25,27,44H,7-10,13-20,22-24H2,1-3H3/t27-,34+/m0/s1. The van der Waals surface area contributed by atoms with Crippen molar-refractivity contribution in [3.63, 3.8) is 0 Å². The molecule has 1 N–H and O–H groups in total. The van der Waals surface area contributed by atoms with Crippen LogP contribution in [0.5, 0.6) is 0 Å². The van der Waals surface area contributed by atoms with E-state index in [-0.39, 0.29) is 30.3 Å². The lowest BCUT2D eigenvalue weighted by Gasteiger charge is -2.53. The van der Waals surface area contributed by atoms with E-state index in [1.165, 1.54) is 0 Å². The van der Waals surface area contributed by atoms with E-state index in [0.29, 0.717) is 45.0 Å². The molecule has 11 nitrogen and oxygen atoms in total. The van der Waals surface area contributed by atoms with Crippen molar-refractivity contribution in [2.45, 2.75) is 89.5 Å². The fourth-order valence-corrected chi connectivity index (χ4v) is 7.84. The van der Waals surface area contributed by atoms with Gasteiger partial charge in [-0.1, -0.05) is 43.2 Å². The number of ether oxygens (including phenoxy) is 1. The molecule has 1 aromatic carbocycles. The van der Waals surface area contributed by atoms with Gasteiger partial charge >= 0.3 is 12.1 Å². The summed E-state index contributed by atoms with van der Waals surface area (Å²) in [6, 6.07) is 11.0. The topological polar surface area (TPSA) is 111 Å². The SMILES string of the molecule is CC(C)(C)OC(=O)N1CCN(C(=O)N2CC[C@@](O)(Cn3cnc(N4CCCC4)cc3=O)C3(CCCC3)C2)[C@H](c2ccccc2)C1. The number of benzene rings is 1. The Labute approximate surface area is 265 Å². The molecule has 1 spiro atoms. The van der Waals surface area contributed by atoms with Crippen molar-refractivity contribution in [1.29, 1.82) is 0 Å². The van der Waals surface area contributed by atoms with Crippen LogP contribution in [0.2, 0.25) is 0 Å². The van der Waals surface area contributed by atoms with E-state index in [1.54, 1.807) is 21.9 Å². The second kappa shape index (κ2) is 12.3. The minimum Gasteiger partial charge on any atom is -0.444 e. The monoisotopic (exact) mass is 620 g/mol. The van der Waals surface area contributed by atoms with Crippen LogP contribution in [-0.4, -0.2) is 98.5 Å². The van der Waals surface area contributed by atoms with Gasteiger partial charge in [0.2, 0.25) is 0 Å². The molecule has 1 aliphatic carbocycles. The maximum absolute atomic E-state index is 14.3. The lowest BCUT2D eigenvalue weighted by molar-refractivity contribution is -0.137. The molecule has 4 aliphatic rings. The summed E-state index contributed by atoms with van der Waals surface area (Å²) < 4.78 is 7.22. The Morgan fingerprint density at radius 2 is 1.67 bits per heavy atom. The van der Waals surface area contributed by atoms with Gasteiger partial charge in [-0.15, -0.1) is 0 Å². The molecule has 6 rings (SSSR count). The highest BCUT2D eigenvalue weighted by Gasteiger charge is 2.56. The molecule has 0 unspecified atom stereocenters. The van der Waals surface area contributed by atoms with Gasteiger partial charge in [0.1, 0.15) is 11.4 Å². The van der Waals surface area contributed by atoms with Crippen LogP contribution < -0.4 is 10.5 Å². The molecule has 3 saturated heterocycles. The zero-order valence-corrected chi connectivity index (χ0v) is 27.0. The Balaban J connectivity index is 1.20. The average molecular weight is 621 g/mol. The number of aromatic nitrogens is 2. The summed E-state index contributed by atoms with van der Waals surface area (Å²) in [6.07, 6.45) is 7.36. The van der Waals surface area contributed by atoms with Crippen LogP contribution in [0, 0.1) is 5.41 Å². The number of likely N-dealkylation sites (tertiary alicyclic amines) is 1. The van der Waals surface area contributed by atoms with Gasteiger partial charge in [-0.2, -0.15) is 0 Å². The number of piperazine rings is 1. The molecule has 1 saturated carbocycles. The summed E-state index contributed by atoms with van der Waals surface area (Å²) in [7, 11) is 0. The molecular formula is C34H48N6O5. The van der Waals surface area contributed by atoms with E-state index >= 15 is 0 Å². The second-order valence-corrected chi connectivity index (χ2v) is 14.4. The summed E-state index contributed by atoms with van der Waals surface area (Å²) in [4.78, 5) is 52.7. The predicted octanol–water partition coefficient (Wildman–Crippen LogP) is 4.25. The van der Waals surface area contributed by atoms with Crippen LogP contribution in [0.15, 0.2) is 47.5 Å². The van der Waals surface area contributed by atoms with Crippen molar-refractivity contribution >= 4 is 17.9 Å². The predicted molar refractivity (Wildman–Crippen MR) is 171 cm³/mol. The fourth-order valence-electron chi connectivity index (χ4n) is 7.84. The molecule has 11 heteroatoms. The van der Waals surface area contributed by atoms with Gasteiger partial charge in [0.05, 0.1) is 24.5 Å². The van der Waals surface area contributed by atoms with Crippen molar-refractivity contribution in [2.75, 3.05) is 50.7 Å². The highest BCUT2D eigenvalue weighted by Crippen LogP contribution is 2.52. The third-order valence-electron chi connectivity index (χ3n) is 10.3. The van der Waals surface area contributed by atoms with Crippen LogP contribution in [0.3, 0.4) is 0 Å². The maximum Gasteiger partial charge on any atom is 0.410 e. The minimum absolute atomic E-state index is 0.0742. The highest BCUT2D eigenvalue weighted by molar-refractivity contribution is 5.76. The third kappa shape index (κ3) is 6.41. The number of anilines is 1. The number of piperidine rings is 1. The number of amides is 3. The summed E-state index contributed by atoms with van der Waals surface area (Å²) in [6.45, 7) is 9.49. The van der Waals surface area contributed by atoms with Crippen LogP contribution in [0.1, 0.15) is 77.3 Å². The normalized spacial score (nSPS) is 25.2. The first-order chi connectivity index (χ1) is 21.5. The fraction of sp³-hybridized carbons (Fsp3) is 0.647. The zero-order valence-electron chi connectivity index (χ0n) is 27.0. The van der Waals surface area contributed by atoms with Crippen LogP contribution in [0.4, 0.5) is 15.4 Å². The summed E-state index contributed by atoms with van der Waals surface area (Å²) in [5.74, 6) is 0.705. The van der Waals surface area contributed by atoms with Crippen molar-refractivity contribution in [2.24, 2.45) is 5.41 Å². The van der Waals surface area contributed by atoms with Gasteiger partial charge in [-0.25, -0.2) is 14.6 Å². The smallest absolute Gasteiger partial charge is 0.410 e. The zero-order chi connectivity index (χ0) is 31.8. The molecule has 3 amide bonds. The van der Waals surface area contributed by atoms with Gasteiger partial charge < -0.3 is 29.4 Å². The summed E-state index contributed by atoms with van der Waals surface area (Å²) >= 11 is 0. The number of rotatable bonds is 4. The van der Waals surface area contributed by atoms with E-state index in [1.807, 2.05) is 60.9 Å². The average Bonchev–Trinajstić information content (AvgIpc) is 3.73. The lowest BCUT2D eigenvalue weighted by atomic mass is 9.66. The Bertz CT molecular complexity index is 1430. The van der Waals surface area contributed by atoms with E-state index < -0.39 is 16.6 Å². The summed E-state index contributed by atoms with van der Waals surface area (Å²) in [5, 5.41) is 12.3. The molecule has 1 aromatic heterocycles. The Hall–Kier alpha value is -3.60. The molecule has 4 fully saturated rings. The molecule has 0 bridgehead atoms. The van der Waals surface area contributed by atoms with Gasteiger partial charge in [0.25, 0.3) is 5.56 Å². The van der Waals surface area contributed by atoms with E-state index in [4.69, 9.17) is 4.74 Å². The maximum atomic E-state index is 14.3. The minimum atomic E-state index is -1.13. The Morgan fingerprint density at radius 1 is 0.956 bits per heavy atom. The third-order valence-corrected chi connectivity index (χ3v) is 10.3. The molecule has 244 valence electrons. The molecule has 2 atom stereocenters. The summed E-state index contributed by atoms with van der Waals surface area (Å²) in [5.41, 5.74) is -1.43. The first kappa shape index (κ1) is 31.4. The van der Waals surface area contributed by atoms with Gasteiger partial charge in [-0.3, -0.25) is 9.36 Å². The highest BCUT2D eigenvalue weighted by atomic mass is 16.6. The van der Waals surface area contributed by atoms with Crippen LogP contribution in [-0.2, 0) is 11.3 Å². The van der Waals surface area contributed by atoms with Crippen molar-refractivity contribution in [3.8, 4) is 0 Å². The first-order valence-corrected chi connectivity index (χ1v) is 16.6. The number of urea groups is 1. The molecule has 2 aromatic rings. The van der Waals surface area contributed by atoms with Crippen LogP contribution >= 0.6 is 0 Å². The molecular weight excluding hydrogens is 572 g/mol. The number of carbonyl (C=O) groups is 2. The van der Waals surface area contributed by atoms with E-state index in [2.05, 4.69) is 9.88 Å². The van der Waals surface area contributed by atoms with Gasteiger partial charge in [0, 0.05) is 57.3 Å². The molecule has 3 aliphatic heterocycles. The van der Waals surface area contributed by atoms with E-state index in [0.717, 1.165) is 57.2 Å². The number of hydrogen-bond donors (Lipinski definition) is 1. The van der Waals surface area contributed by atoms with Gasteiger partial charge in [-0.05, 0) is 58.4 Å². The molecule has 0 radical (unpaired) electrons. The van der Waals surface area contributed by atoms with Gasteiger partial charge in [0.15, 0.2) is 0 Å². The number of hydrogen-bond acceptors (Lipinski definition) is 7. The molecule has 4 heterocycles. The number of nitrogens with zero attached hydrogens (tertiary/aromatic N) is 6. The van der Waals surface area contributed by atoms with Crippen molar-refractivity contribution in [1.82, 2.24) is 24.3 Å². The quantitative estimate of drug-likeness (QED) is 0.544. The Morgan fingerprint density at radius 3 is 2.33 bits per heavy atom. The lowest BCUT2D eigenvalue weighted by Crippen LogP contribution is -2.64. The second-order valence-electron chi connectivity index (χ2n) is 14.4. The molecule has 45 heavy (non-hydrogen) atoms. The largest absolute Gasteiger partial charge is 0.444 e. The number of aliphatic hydroxyl groups is 1. The first-order valence-electron chi connectivity index (χ1n) is 16.6. The van der Waals surface area contributed by atoms with Crippen molar-refractivity contribution in [3.05, 3.63) is 58.6 Å². The van der Waals surface area contributed by atoms with E-state index in [9.17, 15) is 19.5 Å². The number of carbonyl (C=O) groups excluding carboxylic acids is 2. The van der Waals surface area contributed by atoms with Crippen LogP contribution in [0.25, 0.3) is 0 Å². The van der Waals surface area contributed by atoms with Crippen molar-refractivity contribution < 1.29 is 19.4 Å². The Kier molecular flexibility index (Phi) is 8.58.